The first-order valence-electron chi connectivity index (χ1n) is 6.30. The summed E-state index contributed by atoms with van der Waals surface area (Å²) in [7, 11) is 0. The Hall–Kier alpha value is -1.95. The Labute approximate surface area is 125 Å². The highest BCUT2D eigenvalue weighted by Gasteiger charge is 2.16. The number of hydrogen-bond donors (Lipinski definition) is 1. The third kappa shape index (κ3) is 4.53. The van der Waals surface area contributed by atoms with Crippen molar-refractivity contribution in [1.29, 1.82) is 0 Å². The van der Waals surface area contributed by atoms with Crippen LogP contribution in [0.3, 0.4) is 0 Å². The van der Waals surface area contributed by atoms with Crippen LogP contribution in [0.5, 0.6) is 0 Å². The fourth-order valence-electron chi connectivity index (χ4n) is 1.84. The van der Waals surface area contributed by atoms with Gasteiger partial charge in [0.1, 0.15) is 5.03 Å². The average molecular weight is 308 g/mol. The van der Waals surface area contributed by atoms with E-state index in [0.29, 0.717) is 6.54 Å². The van der Waals surface area contributed by atoms with Crippen LogP contribution in [0, 0.1) is 6.92 Å². The summed E-state index contributed by atoms with van der Waals surface area (Å²) in [5.74, 6) is -3.02. The van der Waals surface area contributed by atoms with Gasteiger partial charge in [0, 0.05) is 12.7 Å². The van der Waals surface area contributed by atoms with E-state index in [1.165, 1.54) is 12.3 Å². The number of pyridine rings is 1. The maximum absolute atomic E-state index is 12.5. The fraction of sp³-hybridized carbons (Fsp3) is 0.200. The summed E-state index contributed by atoms with van der Waals surface area (Å²) < 4.78 is 24.9. The highest BCUT2D eigenvalue weighted by molar-refractivity contribution is 7.99. The normalized spacial score (nSPS) is 10.7. The largest absolute Gasteiger partial charge is 0.348 e. The number of carbonyl (C=O) groups is 1. The molecule has 3 nitrogen and oxygen atoms in total. The molecule has 0 radical (unpaired) electrons. The predicted octanol–water partition coefficient (Wildman–Crippen LogP) is 3.63. The van der Waals surface area contributed by atoms with Gasteiger partial charge in [-0.25, -0.2) is 4.98 Å². The molecule has 0 aliphatic rings. The van der Waals surface area contributed by atoms with Crippen LogP contribution < -0.4 is 5.32 Å². The Bertz CT molecular complexity index is 635. The Morgan fingerprint density at radius 1 is 1.33 bits per heavy atom. The van der Waals surface area contributed by atoms with Gasteiger partial charge in [0.2, 0.25) is 0 Å². The topological polar surface area (TPSA) is 42.0 Å². The van der Waals surface area contributed by atoms with Gasteiger partial charge in [-0.2, -0.15) is 8.78 Å². The zero-order valence-corrected chi connectivity index (χ0v) is 12.2. The van der Waals surface area contributed by atoms with Gasteiger partial charge in [0.05, 0.1) is 5.56 Å². The third-order valence-corrected chi connectivity index (χ3v) is 3.48. The molecule has 0 spiro atoms. The summed E-state index contributed by atoms with van der Waals surface area (Å²) in [6.45, 7) is 2.30. The molecule has 0 aliphatic carbocycles. The van der Waals surface area contributed by atoms with E-state index in [9.17, 15) is 13.6 Å². The SMILES string of the molecule is Cc1cccc(CNC(=O)c2cccnc2SC(F)F)c1. The van der Waals surface area contributed by atoms with Gasteiger partial charge < -0.3 is 5.32 Å². The zero-order valence-electron chi connectivity index (χ0n) is 11.3. The van der Waals surface area contributed by atoms with Crippen LogP contribution in [0.2, 0.25) is 0 Å². The highest BCUT2D eigenvalue weighted by atomic mass is 32.2. The summed E-state index contributed by atoms with van der Waals surface area (Å²) in [5, 5.41) is 2.76. The standard InChI is InChI=1S/C15H14F2N2OS/c1-10-4-2-5-11(8-10)9-19-13(20)12-6-3-7-18-14(12)21-15(16)17/h2-8,15H,9H2,1H3,(H,19,20). The van der Waals surface area contributed by atoms with Gasteiger partial charge >= 0.3 is 0 Å². The maximum Gasteiger partial charge on any atom is 0.290 e. The number of thioether (sulfide) groups is 1. The number of benzene rings is 1. The van der Waals surface area contributed by atoms with E-state index in [4.69, 9.17) is 0 Å². The number of amides is 1. The number of nitrogens with one attached hydrogen (secondary N) is 1. The van der Waals surface area contributed by atoms with Crippen molar-refractivity contribution in [2.75, 3.05) is 0 Å². The fourth-order valence-corrected chi connectivity index (χ4v) is 2.42. The van der Waals surface area contributed by atoms with Crippen LogP contribution in [-0.4, -0.2) is 16.6 Å². The molecule has 21 heavy (non-hydrogen) atoms. The average Bonchev–Trinajstić information content (AvgIpc) is 2.45. The van der Waals surface area contributed by atoms with Crippen molar-refractivity contribution in [2.24, 2.45) is 0 Å². The minimum atomic E-state index is -2.61. The smallest absolute Gasteiger partial charge is 0.290 e. The van der Waals surface area contributed by atoms with Crippen LogP contribution in [0.4, 0.5) is 8.78 Å². The lowest BCUT2D eigenvalue weighted by Gasteiger charge is -2.09. The summed E-state index contributed by atoms with van der Waals surface area (Å²) in [4.78, 5) is 15.9. The summed E-state index contributed by atoms with van der Waals surface area (Å²) in [6.07, 6.45) is 1.39. The summed E-state index contributed by atoms with van der Waals surface area (Å²) in [6, 6.07) is 10.8. The number of nitrogens with zero attached hydrogens (tertiary/aromatic N) is 1. The number of hydrogen-bond acceptors (Lipinski definition) is 3. The van der Waals surface area contributed by atoms with Crippen LogP contribution >= 0.6 is 11.8 Å². The van der Waals surface area contributed by atoms with Gasteiger partial charge in [0.25, 0.3) is 11.7 Å². The second-order valence-corrected chi connectivity index (χ2v) is 5.39. The number of aromatic nitrogens is 1. The van der Waals surface area contributed by atoms with Crippen molar-refractivity contribution in [3.8, 4) is 0 Å². The van der Waals surface area contributed by atoms with Gasteiger partial charge in [-0.15, -0.1) is 0 Å². The first-order chi connectivity index (χ1) is 10.1. The highest BCUT2D eigenvalue weighted by Crippen LogP contribution is 2.26. The molecule has 1 aromatic carbocycles. The quantitative estimate of drug-likeness (QED) is 0.858. The molecular weight excluding hydrogens is 294 g/mol. The van der Waals surface area contributed by atoms with Crippen molar-refractivity contribution in [1.82, 2.24) is 10.3 Å². The monoisotopic (exact) mass is 308 g/mol. The number of carbonyl (C=O) groups excluding carboxylic acids is 1. The molecule has 0 atom stereocenters. The van der Waals surface area contributed by atoms with Crippen molar-refractivity contribution in [3.63, 3.8) is 0 Å². The van der Waals surface area contributed by atoms with Gasteiger partial charge in [0.15, 0.2) is 0 Å². The minimum absolute atomic E-state index is 0.0363. The predicted molar refractivity (Wildman–Crippen MR) is 78.4 cm³/mol. The van der Waals surface area contributed by atoms with Crippen molar-refractivity contribution >= 4 is 17.7 Å². The molecule has 110 valence electrons. The molecule has 1 amide bonds. The van der Waals surface area contributed by atoms with Crippen molar-refractivity contribution in [2.45, 2.75) is 24.3 Å². The molecule has 2 aromatic rings. The van der Waals surface area contributed by atoms with E-state index in [2.05, 4.69) is 10.3 Å². The Kier molecular flexibility index (Phi) is 5.27. The Morgan fingerprint density at radius 3 is 2.86 bits per heavy atom. The van der Waals surface area contributed by atoms with Crippen molar-refractivity contribution < 1.29 is 13.6 Å². The first kappa shape index (κ1) is 15.4. The second-order valence-electron chi connectivity index (χ2n) is 4.41. The molecule has 0 fully saturated rings. The molecule has 1 N–H and O–H groups in total. The third-order valence-electron chi connectivity index (χ3n) is 2.75. The zero-order chi connectivity index (χ0) is 15.2. The number of alkyl halides is 2. The summed E-state index contributed by atoms with van der Waals surface area (Å²) >= 11 is 0.272. The first-order valence-corrected chi connectivity index (χ1v) is 7.18. The molecular formula is C15H14F2N2OS. The van der Waals surface area contributed by atoms with Gasteiger partial charge in [-0.1, -0.05) is 29.8 Å². The molecule has 0 saturated carbocycles. The van der Waals surface area contributed by atoms with E-state index in [-0.39, 0.29) is 22.4 Å². The maximum atomic E-state index is 12.5. The van der Waals surface area contributed by atoms with Crippen molar-refractivity contribution in [3.05, 3.63) is 59.3 Å². The second kappa shape index (κ2) is 7.17. The molecule has 6 heteroatoms. The molecule has 0 aliphatic heterocycles. The Balaban J connectivity index is 2.07. The molecule has 0 unspecified atom stereocenters. The number of halogens is 2. The van der Waals surface area contributed by atoms with Gasteiger partial charge in [-0.3, -0.25) is 4.79 Å². The lowest BCUT2D eigenvalue weighted by molar-refractivity contribution is 0.0947. The van der Waals surface area contributed by atoms with Gasteiger partial charge in [-0.05, 0) is 36.4 Å². The lowest BCUT2D eigenvalue weighted by Crippen LogP contribution is -2.23. The molecule has 0 saturated heterocycles. The van der Waals surface area contributed by atoms with Crippen LogP contribution in [-0.2, 0) is 6.54 Å². The lowest BCUT2D eigenvalue weighted by atomic mass is 10.1. The van der Waals surface area contributed by atoms with Crippen LogP contribution in [0.1, 0.15) is 21.5 Å². The minimum Gasteiger partial charge on any atom is -0.348 e. The van der Waals surface area contributed by atoms with Crippen LogP contribution in [0.25, 0.3) is 0 Å². The molecule has 1 heterocycles. The van der Waals surface area contributed by atoms with E-state index < -0.39 is 11.7 Å². The summed E-state index contributed by atoms with van der Waals surface area (Å²) in [5.41, 5.74) is 2.21. The number of rotatable bonds is 5. The number of aryl methyl sites for hydroxylation is 1. The van der Waals surface area contributed by atoms with E-state index in [1.807, 2.05) is 31.2 Å². The molecule has 2 rings (SSSR count). The molecule has 1 aromatic heterocycles. The van der Waals surface area contributed by atoms with E-state index in [1.54, 1.807) is 6.07 Å². The van der Waals surface area contributed by atoms with E-state index >= 15 is 0 Å². The Morgan fingerprint density at radius 2 is 2.14 bits per heavy atom. The van der Waals surface area contributed by atoms with E-state index in [0.717, 1.165) is 11.1 Å². The van der Waals surface area contributed by atoms with Crippen LogP contribution in [0.15, 0.2) is 47.6 Å². The molecule has 0 bridgehead atoms.